The second-order valence-electron chi connectivity index (χ2n) is 4.89. The van der Waals surface area contributed by atoms with Gasteiger partial charge in [0, 0.05) is 11.8 Å². The molecule has 1 rings (SSSR count). The van der Waals surface area contributed by atoms with E-state index < -0.39 is 34.7 Å². The molecule has 0 spiro atoms. The van der Waals surface area contributed by atoms with Gasteiger partial charge in [-0.15, -0.1) is 0 Å². The van der Waals surface area contributed by atoms with Crippen LogP contribution in [-0.2, 0) is 14.3 Å². The Morgan fingerprint density at radius 2 is 1.87 bits per heavy atom. The van der Waals surface area contributed by atoms with E-state index in [1.165, 1.54) is 33.1 Å². The molecule has 2 unspecified atom stereocenters. The number of nitrogens with zero attached hydrogens (tertiary/aromatic N) is 1. The summed E-state index contributed by atoms with van der Waals surface area (Å²) in [5, 5.41) is 20.6. The molecule has 0 heterocycles. The molecule has 8 nitrogen and oxygen atoms in total. The number of ether oxygens (including phenoxy) is 2. The van der Waals surface area contributed by atoms with Gasteiger partial charge in [0.1, 0.15) is 5.75 Å². The summed E-state index contributed by atoms with van der Waals surface area (Å²) in [6.07, 6.45) is 0. The van der Waals surface area contributed by atoms with Crippen LogP contribution in [0.5, 0.6) is 5.75 Å². The summed E-state index contributed by atoms with van der Waals surface area (Å²) in [5.41, 5.74) is 0.357. The first kappa shape index (κ1) is 18.4. The van der Waals surface area contributed by atoms with Crippen LogP contribution in [0.15, 0.2) is 24.3 Å². The first-order valence-electron chi connectivity index (χ1n) is 7.00. The zero-order valence-electron chi connectivity index (χ0n) is 13.1. The highest BCUT2D eigenvalue weighted by Gasteiger charge is 2.44. The zero-order valence-corrected chi connectivity index (χ0v) is 13.1. The molecular weight excluding hydrogens is 306 g/mol. The monoisotopic (exact) mass is 325 g/mol. The van der Waals surface area contributed by atoms with Crippen LogP contribution in [0.1, 0.15) is 25.3 Å². The van der Waals surface area contributed by atoms with Gasteiger partial charge in [0.25, 0.3) is 0 Å². The highest BCUT2D eigenvalue weighted by molar-refractivity contribution is 5.95. The fraction of sp³-hybridized carbons (Fsp3) is 0.467. The Morgan fingerprint density at radius 1 is 1.30 bits per heavy atom. The molecule has 0 fully saturated rings. The second kappa shape index (κ2) is 8.11. The van der Waals surface area contributed by atoms with Crippen LogP contribution in [0.2, 0.25) is 0 Å². The van der Waals surface area contributed by atoms with Crippen LogP contribution < -0.4 is 4.74 Å². The Kier molecular flexibility index (Phi) is 6.49. The SMILES string of the molecule is CCOC(=O)C(C(=O)O)[C@H](c1ccc(OC)cc1)C(C)[N+](=O)[O-]. The molecule has 23 heavy (non-hydrogen) atoms. The van der Waals surface area contributed by atoms with Crippen molar-refractivity contribution in [2.75, 3.05) is 13.7 Å². The van der Waals surface area contributed by atoms with E-state index in [-0.39, 0.29) is 6.61 Å². The fourth-order valence-corrected chi connectivity index (χ4v) is 2.34. The molecular formula is C15H19NO7. The minimum Gasteiger partial charge on any atom is -0.497 e. The van der Waals surface area contributed by atoms with Crippen LogP contribution in [-0.4, -0.2) is 41.7 Å². The van der Waals surface area contributed by atoms with Crippen molar-refractivity contribution in [2.45, 2.75) is 25.8 Å². The van der Waals surface area contributed by atoms with Crippen molar-refractivity contribution < 1.29 is 29.1 Å². The molecule has 0 saturated carbocycles. The maximum atomic E-state index is 12.0. The van der Waals surface area contributed by atoms with Crippen molar-refractivity contribution in [3.05, 3.63) is 39.9 Å². The third kappa shape index (κ3) is 4.41. The van der Waals surface area contributed by atoms with Gasteiger partial charge in [-0.1, -0.05) is 12.1 Å². The summed E-state index contributed by atoms with van der Waals surface area (Å²) in [7, 11) is 1.46. The first-order chi connectivity index (χ1) is 10.8. The number of rotatable bonds is 8. The number of methoxy groups -OCH3 is 1. The lowest BCUT2D eigenvalue weighted by molar-refractivity contribution is -0.523. The normalized spacial score (nSPS) is 14.4. The number of carboxylic acid groups (broad SMARTS) is 1. The Balaban J connectivity index is 3.33. The Bertz CT molecular complexity index is 570. The molecule has 0 radical (unpaired) electrons. The van der Waals surface area contributed by atoms with Gasteiger partial charge >= 0.3 is 11.9 Å². The summed E-state index contributed by atoms with van der Waals surface area (Å²) in [6, 6.07) is 4.85. The van der Waals surface area contributed by atoms with Crippen molar-refractivity contribution in [1.82, 2.24) is 0 Å². The average Bonchev–Trinajstić information content (AvgIpc) is 2.51. The lowest BCUT2D eigenvalue weighted by Crippen LogP contribution is -2.39. The van der Waals surface area contributed by atoms with E-state index in [1.54, 1.807) is 12.1 Å². The maximum absolute atomic E-state index is 12.0. The van der Waals surface area contributed by atoms with E-state index in [2.05, 4.69) is 0 Å². The third-order valence-corrected chi connectivity index (χ3v) is 3.52. The molecule has 0 amide bonds. The smallest absolute Gasteiger partial charge is 0.321 e. The summed E-state index contributed by atoms with van der Waals surface area (Å²) in [6.45, 7) is 2.80. The molecule has 0 aromatic heterocycles. The molecule has 0 saturated heterocycles. The third-order valence-electron chi connectivity index (χ3n) is 3.52. The summed E-state index contributed by atoms with van der Waals surface area (Å²) < 4.78 is 9.78. The highest BCUT2D eigenvalue weighted by Crippen LogP contribution is 2.32. The predicted octanol–water partition coefficient (Wildman–Crippen LogP) is 1.71. The summed E-state index contributed by atoms with van der Waals surface area (Å²) in [4.78, 5) is 34.1. The minimum atomic E-state index is -1.66. The quantitative estimate of drug-likeness (QED) is 0.335. The number of nitro groups is 1. The second-order valence-corrected chi connectivity index (χ2v) is 4.89. The van der Waals surface area contributed by atoms with Crippen LogP contribution in [0.3, 0.4) is 0 Å². The van der Waals surface area contributed by atoms with Gasteiger partial charge in [-0.3, -0.25) is 19.7 Å². The van der Waals surface area contributed by atoms with Crippen LogP contribution >= 0.6 is 0 Å². The Morgan fingerprint density at radius 3 is 2.26 bits per heavy atom. The minimum absolute atomic E-state index is 0.00914. The lowest BCUT2D eigenvalue weighted by Gasteiger charge is -2.24. The van der Waals surface area contributed by atoms with Crippen LogP contribution in [0.4, 0.5) is 0 Å². The average molecular weight is 325 g/mol. The van der Waals surface area contributed by atoms with Gasteiger partial charge in [-0.25, -0.2) is 0 Å². The molecule has 0 aliphatic carbocycles. The standard InChI is InChI=1S/C15H19NO7/c1-4-23-15(19)13(14(17)18)12(9(2)16(20)21)10-5-7-11(22-3)8-6-10/h5-9,12-13H,4H2,1-3H3,(H,17,18)/t9?,12-,13?/m0/s1. The van der Waals surface area contributed by atoms with E-state index in [9.17, 15) is 24.8 Å². The molecule has 126 valence electrons. The number of hydrogen-bond acceptors (Lipinski definition) is 6. The van der Waals surface area contributed by atoms with Gasteiger partial charge in [0.15, 0.2) is 5.92 Å². The van der Waals surface area contributed by atoms with Crippen molar-refractivity contribution in [3.8, 4) is 5.75 Å². The van der Waals surface area contributed by atoms with Gasteiger partial charge < -0.3 is 14.6 Å². The van der Waals surface area contributed by atoms with E-state index in [0.29, 0.717) is 11.3 Å². The topological polar surface area (TPSA) is 116 Å². The van der Waals surface area contributed by atoms with E-state index in [4.69, 9.17) is 9.47 Å². The Labute approximate surface area is 133 Å². The van der Waals surface area contributed by atoms with Crippen molar-refractivity contribution >= 4 is 11.9 Å². The fourth-order valence-electron chi connectivity index (χ4n) is 2.34. The molecule has 0 bridgehead atoms. The number of carboxylic acids is 1. The maximum Gasteiger partial charge on any atom is 0.321 e. The number of carbonyl (C=O) groups is 2. The molecule has 8 heteroatoms. The van der Waals surface area contributed by atoms with E-state index in [1.807, 2.05) is 0 Å². The largest absolute Gasteiger partial charge is 0.497 e. The van der Waals surface area contributed by atoms with Crippen LogP contribution in [0.25, 0.3) is 0 Å². The number of esters is 1. The molecule has 3 atom stereocenters. The number of aliphatic carboxylic acids is 1. The molecule has 0 aliphatic rings. The van der Waals surface area contributed by atoms with Gasteiger partial charge in [-0.05, 0) is 24.6 Å². The van der Waals surface area contributed by atoms with Gasteiger partial charge in [0.05, 0.1) is 19.6 Å². The predicted molar refractivity (Wildman–Crippen MR) is 80.0 cm³/mol. The lowest BCUT2D eigenvalue weighted by atomic mass is 9.81. The number of hydrogen-bond donors (Lipinski definition) is 1. The van der Waals surface area contributed by atoms with E-state index >= 15 is 0 Å². The van der Waals surface area contributed by atoms with Crippen molar-refractivity contribution in [2.24, 2.45) is 5.92 Å². The highest BCUT2D eigenvalue weighted by atomic mass is 16.6. The van der Waals surface area contributed by atoms with Crippen molar-refractivity contribution in [3.63, 3.8) is 0 Å². The van der Waals surface area contributed by atoms with Gasteiger partial charge in [0.2, 0.25) is 6.04 Å². The Hall–Kier alpha value is -2.64. The molecule has 1 N–H and O–H groups in total. The molecule has 0 aliphatic heterocycles. The summed E-state index contributed by atoms with van der Waals surface area (Å²) in [5.74, 6) is -4.76. The number of benzene rings is 1. The number of carbonyl (C=O) groups excluding carboxylic acids is 1. The van der Waals surface area contributed by atoms with Crippen molar-refractivity contribution in [1.29, 1.82) is 0 Å². The summed E-state index contributed by atoms with van der Waals surface area (Å²) >= 11 is 0. The van der Waals surface area contributed by atoms with E-state index in [0.717, 1.165) is 0 Å². The van der Waals surface area contributed by atoms with Crippen LogP contribution in [0, 0.1) is 16.0 Å². The zero-order chi connectivity index (χ0) is 17.6. The van der Waals surface area contributed by atoms with Gasteiger partial charge in [-0.2, -0.15) is 0 Å². The first-order valence-corrected chi connectivity index (χ1v) is 7.00. The molecule has 1 aromatic rings. The molecule has 1 aromatic carbocycles.